The summed E-state index contributed by atoms with van der Waals surface area (Å²) in [4.78, 5) is 35.5. The van der Waals surface area contributed by atoms with Gasteiger partial charge in [0.15, 0.2) is 11.6 Å². The number of esters is 1. The van der Waals surface area contributed by atoms with Crippen molar-refractivity contribution >= 4 is 35.2 Å². The number of carbonyl (C=O) groups excluding carboxylic acids is 3. The quantitative estimate of drug-likeness (QED) is 0.633. The van der Waals surface area contributed by atoms with Crippen LogP contribution in [0.5, 0.6) is 5.75 Å². The number of hydrogen-bond donors (Lipinski definition) is 3. The summed E-state index contributed by atoms with van der Waals surface area (Å²) in [5, 5.41) is 7.70. The molecule has 154 valence electrons. The highest BCUT2D eigenvalue weighted by molar-refractivity contribution is 6.33. The highest BCUT2D eigenvalue weighted by atomic mass is 35.5. The number of amides is 3. The van der Waals surface area contributed by atoms with E-state index in [1.807, 2.05) is 0 Å². The Morgan fingerprint density at radius 2 is 2.07 bits per heavy atom. The van der Waals surface area contributed by atoms with E-state index in [1.165, 1.54) is 19.2 Å². The Morgan fingerprint density at radius 3 is 2.69 bits per heavy atom. The van der Waals surface area contributed by atoms with E-state index >= 15 is 0 Å². The summed E-state index contributed by atoms with van der Waals surface area (Å²) in [6, 6.07) is 2.66. The van der Waals surface area contributed by atoms with E-state index in [0.717, 1.165) is 13.2 Å². The monoisotopic (exact) mass is 425 g/mol. The lowest BCUT2D eigenvalue weighted by Gasteiger charge is -2.11. The van der Waals surface area contributed by atoms with Crippen molar-refractivity contribution in [3.05, 3.63) is 34.8 Å². The van der Waals surface area contributed by atoms with Crippen molar-refractivity contribution in [2.75, 3.05) is 26.1 Å². The molecule has 9 nitrogen and oxygen atoms in total. The predicted molar refractivity (Wildman–Crippen MR) is 101 cm³/mol. The van der Waals surface area contributed by atoms with Crippen LogP contribution >= 0.6 is 11.6 Å². The van der Waals surface area contributed by atoms with E-state index in [2.05, 4.69) is 20.7 Å². The second-order valence-electron chi connectivity index (χ2n) is 6.12. The largest absolute Gasteiger partial charge is 0.494 e. The van der Waals surface area contributed by atoms with Crippen LogP contribution in [0.3, 0.4) is 0 Å². The Labute approximate surface area is 169 Å². The number of hydrogen-bond acceptors (Lipinski definition) is 6. The van der Waals surface area contributed by atoms with E-state index in [-0.39, 0.29) is 51.9 Å². The number of benzene rings is 1. The zero-order valence-electron chi connectivity index (χ0n) is 15.4. The molecule has 29 heavy (non-hydrogen) atoms. The zero-order chi connectivity index (χ0) is 21.1. The van der Waals surface area contributed by atoms with Gasteiger partial charge in [0, 0.05) is 24.6 Å². The second-order valence-corrected chi connectivity index (χ2v) is 6.52. The van der Waals surface area contributed by atoms with Crippen LogP contribution in [0.15, 0.2) is 22.6 Å². The topological polar surface area (TPSA) is 119 Å². The molecule has 1 aromatic carbocycles. The maximum absolute atomic E-state index is 13.8. The number of halogens is 2. The Bertz CT molecular complexity index is 977. The summed E-state index contributed by atoms with van der Waals surface area (Å²) in [6.07, 6.45) is 0.152. The number of rotatable bonds is 5. The average Bonchev–Trinajstić information content (AvgIpc) is 3.27. The lowest BCUT2D eigenvalue weighted by Crippen LogP contribution is -2.39. The number of urea groups is 1. The highest BCUT2D eigenvalue weighted by Crippen LogP contribution is 2.37. The second kappa shape index (κ2) is 8.39. The van der Waals surface area contributed by atoms with Gasteiger partial charge in [0.1, 0.15) is 5.76 Å². The fourth-order valence-electron chi connectivity index (χ4n) is 2.79. The van der Waals surface area contributed by atoms with Gasteiger partial charge in [-0.05, 0) is 12.1 Å². The number of nitrogens with one attached hydrogen (secondary N) is 3. The van der Waals surface area contributed by atoms with Gasteiger partial charge in [-0.2, -0.15) is 0 Å². The summed E-state index contributed by atoms with van der Waals surface area (Å²) in [6.45, 7) is 0.303. The van der Waals surface area contributed by atoms with Crippen molar-refractivity contribution in [3.8, 4) is 17.1 Å². The third-order valence-electron chi connectivity index (χ3n) is 4.17. The number of methoxy groups -OCH3 is 2. The van der Waals surface area contributed by atoms with E-state index in [1.54, 1.807) is 0 Å². The molecule has 0 radical (unpaired) electrons. The fraction of sp³-hybridized carbons (Fsp3) is 0.278. The molecule has 11 heteroatoms. The van der Waals surface area contributed by atoms with E-state index in [0.29, 0.717) is 6.54 Å². The van der Waals surface area contributed by atoms with Gasteiger partial charge in [0.05, 0.1) is 31.0 Å². The predicted octanol–water partition coefficient (Wildman–Crippen LogP) is 2.54. The van der Waals surface area contributed by atoms with Crippen LogP contribution < -0.4 is 20.7 Å². The van der Waals surface area contributed by atoms with Crippen LogP contribution in [0.25, 0.3) is 11.3 Å². The first kappa shape index (κ1) is 20.5. The van der Waals surface area contributed by atoms with Crippen molar-refractivity contribution in [1.82, 2.24) is 10.6 Å². The summed E-state index contributed by atoms with van der Waals surface area (Å²) < 4.78 is 28.9. The van der Waals surface area contributed by atoms with Crippen LogP contribution in [-0.2, 0) is 9.53 Å². The van der Waals surface area contributed by atoms with Crippen LogP contribution in [-0.4, -0.2) is 44.7 Å². The van der Waals surface area contributed by atoms with Crippen LogP contribution in [0.2, 0.25) is 5.02 Å². The smallest absolute Gasteiger partial charge is 0.376 e. The van der Waals surface area contributed by atoms with Gasteiger partial charge >= 0.3 is 12.0 Å². The summed E-state index contributed by atoms with van der Waals surface area (Å²) in [5.41, 5.74) is 0.259. The van der Waals surface area contributed by atoms with Crippen LogP contribution in [0.4, 0.5) is 14.9 Å². The van der Waals surface area contributed by atoms with Gasteiger partial charge in [-0.25, -0.2) is 14.0 Å². The average molecular weight is 426 g/mol. The summed E-state index contributed by atoms with van der Waals surface area (Å²) in [7, 11) is 2.44. The number of anilines is 1. The molecule has 0 spiro atoms. The molecule has 3 rings (SSSR count). The molecule has 3 N–H and O–H groups in total. The molecule has 2 heterocycles. The summed E-state index contributed by atoms with van der Waals surface area (Å²) >= 11 is 6.09. The van der Waals surface area contributed by atoms with Gasteiger partial charge in [-0.15, -0.1) is 0 Å². The van der Waals surface area contributed by atoms with Gasteiger partial charge in [0.2, 0.25) is 11.7 Å². The van der Waals surface area contributed by atoms with Crippen molar-refractivity contribution in [2.45, 2.75) is 12.5 Å². The number of furan rings is 1. The Balaban J connectivity index is 1.90. The van der Waals surface area contributed by atoms with Gasteiger partial charge in [-0.1, -0.05) is 11.6 Å². The van der Waals surface area contributed by atoms with Crippen molar-refractivity contribution in [2.24, 2.45) is 0 Å². The molecule has 1 fully saturated rings. The van der Waals surface area contributed by atoms with E-state index in [4.69, 9.17) is 20.8 Å². The SMILES string of the molecule is COC(=O)c1oc(-c2cc(OC)c(F)cc2Cl)cc1NC(=O)N[C@H]1CNC(=O)C1. The normalized spacial score (nSPS) is 15.6. The molecule has 0 bridgehead atoms. The molecule has 0 unspecified atom stereocenters. The van der Waals surface area contributed by atoms with E-state index < -0.39 is 17.8 Å². The molecule has 0 aliphatic carbocycles. The molecule has 3 amide bonds. The van der Waals surface area contributed by atoms with Crippen LogP contribution in [0.1, 0.15) is 17.0 Å². The molecule has 1 atom stereocenters. The number of carbonyl (C=O) groups is 3. The molecule has 2 aromatic rings. The fourth-order valence-corrected chi connectivity index (χ4v) is 3.03. The van der Waals surface area contributed by atoms with Crippen molar-refractivity contribution in [3.63, 3.8) is 0 Å². The molecule has 1 aliphatic heterocycles. The third kappa shape index (κ3) is 4.43. The van der Waals surface area contributed by atoms with Crippen molar-refractivity contribution in [1.29, 1.82) is 0 Å². The zero-order valence-corrected chi connectivity index (χ0v) is 16.2. The van der Waals surface area contributed by atoms with Gasteiger partial charge in [0.25, 0.3) is 0 Å². The molecule has 1 aliphatic rings. The molecular formula is C18H17ClFN3O6. The van der Waals surface area contributed by atoms with E-state index in [9.17, 15) is 18.8 Å². The molecule has 1 aromatic heterocycles. The first-order valence-corrected chi connectivity index (χ1v) is 8.80. The molecule has 0 saturated carbocycles. The first-order chi connectivity index (χ1) is 13.8. The highest BCUT2D eigenvalue weighted by Gasteiger charge is 2.26. The maximum Gasteiger partial charge on any atom is 0.376 e. The minimum absolute atomic E-state index is 0.0139. The van der Waals surface area contributed by atoms with Gasteiger partial charge < -0.3 is 29.8 Å². The lowest BCUT2D eigenvalue weighted by atomic mass is 10.1. The third-order valence-corrected chi connectivity index (χ3v) is 4.48. The Morgan fingerprint density at radius 1 is 1.31 bits per heavy atom. The van der Waals surface area contributed by atoms with Gasteiger partial charge in [-0.3, -0.25) is 4.79 Å². The first-order valence-electron chi connectivity index (χ1n) is 8.42. The minimum atomic E-state index is -0.838. The Kier molecular flexibility index (Phi) is 5.92. The summed E-state index contributed by atoms with van der Waals surface area (Å²) in [5.74, 6) is -1.95. The minimum Gasteiger partial charge on any atom is -0.494 e. The maximum atomic E-state index is 13.8. The Hall–Kier alpha value is -3.27. The number of ether oxygens (including phenoxy) is 2. The standard InChI is InChI=1S/C18H17ClFN3O6/c1-27-14-4-9(10(19)5-11(14)20)13-6-12(16(29-13)17(25)28-2)23-18(26)22-8-3-15(24)21-7-8/h4-6,8H,3,7H2,1-2H3,(H,21,24)(H2,22,23,26)/t8-/m1/s1. The van der Waals surface area contributed by atoms with Crippen molar-refractivity contribution < 1.29 is 32.7 Å². The lowest BCUT2D eigenvalue weighted by molar-refractivity contribution is -0.119. The van der Waals surface area contributed by atoms with Crippen LogP contribution in [0, 0.1) is 5.82 Å². The molecule has 1 saturated heterocycles. The molecular weight excluding hydrogens is 409 g/mol.